The Kier molecular flexibility index (Phi) is 6.89. The number of rotatable bonds is 6. The van der Waals surface area contributed by atoms with Crippen LogP contribution in [0.25, 0.3) is 27.5 Å². The van der Waals surface area contributed by atoms with E-state index in [0.717, 1.165) is 22.5 Å². The molecule has 1 fully saturated rings. The summed E-state index contributed by atoms with van der Waals surface area (Å²) in [6, 6.07) is 9.55. The maximum atomic E-state index is 13.1. The molecule has 38 heavy (non-hydrogen) atoms. The summed E-state index contributed by atoms with van der Waals surface area (Å²) in [7, 11) is 1.31. The number of ether oxygens (including phenoxy) is 1. The van der Waals surface area contributed by atoms with Crippen LogP contribution in [0.3, 0.4) is 0 Å². The van der Waals surface area contributed by atoms with E-state index in [1.807, 2.05) is 32.0 Å². The zero-order chi connectivity index (χ0) is 26.8. The molecule has 1 aliphatic rings. The van der Waals surface area contributed by atoms with Crippen LogP contribution in [0, 0.1) is 11.3 Å². The van der Waals surface area contributed by atoms with Crippen molar-refractivity contribution in [3.8, 4) is 28.0 Å². The van der Waals surface area contributed by atoms with E-state index in [-0.39, 0.29) is 23.0 Å². The van der Waals surface area contributed by atoms with Crippen molar-refractivity contribution in [2.45, 2.75) is 32.4 Å². The monoisotopic (exact) mass is 531 g/mol. The number of fused-ring (bicyclic) bond motifs is 1. The minimum Gasteiger partial charge on any atom is -0.453 e. The van der Waals surface area contributed by atoms with Gasteiger partial charge in [0.15, 0.2) is 5.01 Å². The number of likely N-dealkylation sites (tertiary alicyclic amines) is 1. The number of nitrogens with zero attached hydrogens (tertiary/aromatic N) is 7. The van der Waals surface area contributed by atoms with Gasteiger partial charge in [-0.15, -0.1) is 10.2 Å². The Labute approximate surface area is 222 Å². The summed E-state index contributed by atoms with van der Waals surface area (Å²) in [6.07, 6.45) is 3.36. The van der Waals surface area contributed by atoms with Crippen molar-refractivity contribution in [2.24, 2.45) is 0 Å². The maximum absolute atomic E-state index is 13.1. The minimum absolute atomic E-state index is 0.127. The lowest BCUT2D eigenvalue weighted by Gasteiger charge is -2.15. The summed E-state index contributed by atoms with van der Waals surface area (Å²) in [5.74, 6) is -0.228. The lowest BCUT2D eigenvalue weighted by molar-refractivity contribution is 0.0787. The molecule has 0 saturated carbocycles. The molecule has 5 rings (SSSR count). The summed E-state index contributed by atoms with van der Waals surface area (Å²) in [5, 5.41) is 29.0. The maximum Gasteiger partial charge on any atom is 0.407 e. The first-order valence-electron chi connectivity index (χ1n) is 12.0. The summed E-state index contributed by atoms with van der Waals surface area (Å²) in [5.41, 5.74) is 4.27. The number of amides is 2. The number of nitrogens with one attached hydrogen (secondary N) is 2. The Morgan fingerprint density at radius 1 is 1.24 bits per heavy atom. The highest BCUT2D eigenvalue weighted by Crippen LogP contribution is 2.34. The van der Waals surface area contributed by atoms with Gasteiger partial charge in [0.25, 0.3) is 5.91 Å². The molecule has 13 heteroatoms. The Balaban J connectivity index is 1.41. The average Bonchev–Trinajstić information content (AvgIpc) is 3.67. The van der Waals surface area contributed by atoms with Crippen LogP contribution < -0.4 is 10.6 Å². The van der Waals surface area contributed by atoms with Gasteiger partial charge in [0.1, 0.15) is 6.07 Å². The zero-order valence-corrected chi connectivity index (χ0v) is 21.8. The third-order valence-electron chi connectivity index (χ3n) is 6.06. The SMILES string of the molecule is COC(=O)N[C@H]1CCN(C(=O)c2nnc(-c3cnc(-c4ccc5cc(C#N)cnn45)cc3NC(C)C)s2)C1. The van der Waals surface area contributed by atoms with Crippen molar-refractivity contribution in [2.75, 3.05) is 25.5 Å². The van der Waals surface area contributed by atoms with Crippen LogP contribution in [0.2, 0.25) is 0 Å². The molecule has 4 aromatic rings. The average molecular weight is 532 g/mol. The lowest BCUT2D eigenvalue weighted by Crippen LogP contribution is -2.38. The van der Waals surface area contributed by atoms with Crippen LogP contribution in [0.5, 0.6) is 0 Å². The van der Waals surface area contributed by atoms with E-state index >= 15 is 0 Å². The van der Waals surface area contributed by atoms with Crippen LogP contribution in [-0.2, 0) is 4.74 Å². The van der Waals surface area contributed by atoms with Gasteiger partial charge in [-0.05, 0) is 44.5 Å². The normalized spacial score (nSPS) is 15.0. The topological polar surface area (TPSA) is 150 Å². The molecular formula is C25H25N9O3S. The van der Waals surface area contributed by atoms with Crippen LogP contribution in [-0.4, -0.2) is 74.0 Å². The van der Waals surface area contributed by atoms with Crippen molar-refractivity contribution in [1.29, 1.82) is 5.26 Å². The number of nitriles is 1. The van der Waals surface area contributed by atoms with E-state index in [9.17, 15) is 9.59 Å². The molecular weight excluding hydrogens is 506 g/mol. The van der Waals surface area contributed by atoms with E-state index < -0.39 is 6.09 Å². The highest BCUT2D eigenvalue weighted by atomic mass is 32.1. The Morgan fingerprint density at radius 3 is 2.84 bits per heavy atom. The number of alkyl carbamates (subject to hydrolysis) is 1. The predicted octanol–water partition coefficient (Wildman–Crippen LogP) is 3.18. The molecule has 4 aromatic heterocycles. The fourth-order valence-corrected chi connectivity index (χ4v) is 5.13. The van der Waals surface area contributed by atoms with Crippen LogP contribution >= 0.6 is 11.3 Å². The fourth-order valence-electron chi connectivity index (χ4n) is 4.29. The number of hydrogen-bond donors (Lipinski definition) is 2. The Morgan fingerprint density at radius 2 is 2.08 bits per heavy atom. The van der Waals surface area contributed by atoms with E-state index in [2.05, 4.69) is 41.7 Å². The van der Waals surface area contributed by atoms with E-state index in [1.54, 1.807) is 21.7 Å². The quantitative estimate of drug-likeness (QED) is 0.382. The number of aromatic nitrogens is 5. The molecule has 0 bridgehead atoms. The Bertz CT molecular complexity index is 1560. The molecule has 2 amide bonds. The number of carbonyl (C=O) groups excluding carboxylic acids is 2. The van der Waals surface area contributed by atoms with Gasteiger partial charge in [0, 0.05) is 31.0 Å². The van der Waals surface area contributed by atoms with Crippen LogP contribution in [0.1, 0.15) is 35.6 Å². The lowest BCUT2D eigenvalue weighted by atomic mass is 10.1. The highest BCUT2D eigenvalue weighted by molar-refractivity contribution is 7.16. The van der Waals surface area contributed by atoms with Crippen LogP contribution in [0.15, 0.2) is 36.7 Å². The summed E-state index contributed by atoms with van der Waals surface area (Å²) < 4.78 is 6.38. The molecule has 0 aromatic carbocycles. The fraction of sp³-hybridized carbons (Fsp3) is 0.320. The van der Waals surface area contributed by atoms with Gasteiger partial charge in [0.05, 0.1) is 47.4 Å². The summed E-state index contributed by atoms with van der Waals surface area (Å²) >= 11 is 1.20. The third kappa shape index (κ3) is 4.98. The van der Waals surface area contributed by atoms with Crippen molar-refractivity contribution in [1.82, 2.24) is 35.0 Å². The Hall–Kier alpha value is -4.57. The van der Waals surface area contributed by atoms with Crippen molar-refractivity contribution in [3.63, 3.8) is 0 Å². The molecule has 0 spiro atoms. The first-order valence-corrected chi connectivity index (χ1v) is 12.8. The summed E-state index contributed by atoms with van der Waals surface area (Å²) in [4.78, 5) is 30.9. The second kappa shape index (κ2) is 10.4. The number of hydrogen-bond acceptors (Lipinski definition) is 10. The van der Waals surface area contributed by atoms with E-state index in [4.69, 9.17) is 5.26 Å². The summed E-state index contributed by atoms with van der Waals surface area (Å²) in [6.45, 7) is 4.95. The first-order chi connectivity index (χ1) is 18.4. The molecule has 0 radical (unpaired) electrons. The number of pyridine rings is 1. The molecule has 1 aliphatic heterocycles. The van der Waals surface area contributed by atoms with Crippen LogP contribution in [0.4, 0.5) is 10.5 Å². The van der Waals surface area contributed by atoms with E-state index in [1.165, 1.54) is 24.6 Å². The highest BCUT2D eigenvalue weighted by Gasteiger charge is 2.30. The smallest absolute Gasteiger partial charge is 0.407 e. The van der Waals surface area contributed by atoms with Gasteiger partial charge in [-0.1, -0.05) is 11.3 Å². The largest absolute Gasteiger partial charge is 0.453 e. The molecule has 1 saturated heterocycles. The van der Waals surface area contributed by atoms with Crippen molar-refractivity contribution < 1.29 is 14.3 Å². The third-order valence-corrected chi connectivity index (χ3v) is 7.01. The second-order valence-electron chi connectivity index (χ2n) is 9.11. The predicted molar refractivity (Wildman–Crippen MR) is 141 cm³/mol. The molecule has 2 N–H and O–H groups in total. The standard InChI is InChI=1S/C25H25N9O3S/c1-14(2)29-19-9-20(21-5-4-17-8-15(10-26)11-28-34(17)21)27-12-18(19)22-31-32-23(38-22)24(35)33-7-6-16(13-33)30-25(36)37-3/h4-5,8-9,11-12,14,16H,6-7,13H2,1-3H3,(H,27,29)(H,30,36)/t16-/m0/s1. The molecule has 194 valence electrons. The van der Waals surface area contributed by atoms with E-state index in [0.29, 0.717) is 35.8 Å². The van der Waals surface area contributed by atoms with Gasteiger partial charge in [-0.2, -0.15) is 10.4 Å². The number of anilines is 1. The molecule has 5 heterocycles. The van der Waals surface area contributed by atoms with Gasteiger partial charge < -0.3 is 20.3 Å². The van der Waals surface area contributed by atoms with Crippen molar-refractivity contribution >= 4 is 34.5 Å². The molecule has 1 atom stereocenters. The molecule has 0 unspecified atom stereocenters. The second-order valence-corrected chi connectivity index (χ2v) is 10.1. The number of carbonyl (C=O) groups is 2. The van der Waals surface area contributed by atoms with Crippen molar-refractivity contribution in [3.05, 3.63) is 47.2 Å². The van der Waals surface area contributed by atoms with Gasteiger partial charge >= 0.3 is 6.09 Å². The molecule has 12 nitrogen and oxygen atoms in total. The number of methoxy groups -OCH3 is 1. The van der Waals surface area contributed by atoms with Gasteiger partial charge in [0.2, 0.25) is 5.01 Å². The minimum atomic E-state index is -0.514. The van der Waals surface area contributed by atoms with Gasteiger partial charge in [-0.3, -0.25) is 9.78 Å². The first kappa shape index (κ1) is 25.1. The van der Waals surface area contributed by atoms with Gasteiger partial charge in [-0.25, -0.2) is 9.31 Å². The molecule has 0 aliphatic carbocycles. The zero-order valence-electron chi connectivity index (χ0n) is 21.0.